The van der Waals surface area contributed by atoms with Gasteiger partial charge in [0.05, 0.1) is 0 Å². The Morgan fingerprint density at radius 3 is 2.81 bits per heavy atom. The van der Waals surface area contributed by atoms with Crippen molar-refractivity contribution in [3.63, 3.8) is 0 Å². The normalized spacial score (nSPS) is 12.7. The Balaban J connectivity index is 2.47. The second kappa shape index (κ2) is 8.10. The predicted molar refractivity (Wildman–Crippen MR) is 73.7 cm³/mol. The smallest absolute Gasteiger partial charge is 0.0472 e. The van der Waals surface area contributed by atoms with Gasteiger partial charge in [-0.05, 0) is 36.5 Å². The molecule has 1 atom stereocenters. The highest BCUT2D eigenvalue weighted by Crippen LogP contribution is 2.24. The maximum absolute atomic E-state index is 5.98. The molecular weight excluding hydrogens is 287 g/mol. The number of hydrogen-bond donors (Lipinski definition) is 0. The molecule has 90 valence electrons. The topological polar surface area (TPSA) is 9.23 Å². The van der Waals surface area contributed by atoms with Crippen molar-refractivity contribution in [2.24, 2.45) is 0 Å². The molecule has 3 heteroatoms. The van der Waals surface area contributed by atoms with Gasteiger partial charge in [0.15, 0.2) is 0 Å². The van der Waals surface area contributed by atoms with Crippen molar-refractivity contribution in [2.45, 2.75) is 25.7 Å². The van der Waals surface area contributed by atoms with E-state index in [1.165, 1.54) is 5.56 Å². The van der Waals surface area contributed by atoms with E-state index in [1.54, 1.807) is 0 Å². The molecule has 0 saturated heterocycles. The van der Waals surface area contributed by atoms with E-state index >= 15 is 0 Å². The van der Waals surface area contributed by atoms with Gasteiger partial charge in [-0.25, -0.2) is 0 Å². The summed E-state index contributed by atoms with van der Waals surface area (Å²) in [6.07, 6.45) is 2.11. The van der Waals surface area contributed by atoms with Crippen molar-refractivity contribution < 1.29 is 4.74 Å². The Labute approximate surface area is 111 Å². The van der Waals surface area contributed by atoms with Gasteiger partial charge < -0.3 is 4.74 Å². The van der Waals surface area contributed by atoms with Gasteiger partial charge in [-0.2, -0.15) is 0 Å². The lowest BCUT2D eigenvalue weighted by Gasteiger charge is -2.14. The molecule has 0 heterocycles. The molecule has 0 aromatic heterocycles. The zero-order valence-corrected chi connectivity index (χ0v) is 11.9. The van der Waals surface area contributed by atoms with Crippen LogP contribution in [0.5, 0.6) is 0 Å². The van der Waals surface area contributed by atoms with Crippen molar-refractivity contribution in [1.82, 2.24) is 0 Å². The van der Waals surface area contributed by atoms with Gasteiger partial charge >= 0.3 is 0 Å². The van der Waals surface area contributed by atoms with Crippen molar-refractivity contribution in [1.29, 1.82) is 0 Å². The van der Waals surface area contributed by atoms with Crippen molar-refractivity contribution in [3.8, 4) is 0 Å². The number of ether oxygens (including phenoxy) is 1. The molecule has 0 N–H and O–H groups in total. The van der Waals surface area contributed by atoms with E-state index in [2.05, 4.69) is 28.9 Å². The third-order valence-corrected chi connectivity index (χ3v) is 3.48. The maximum atomic E-state index is 5.98. The van der Waals surface area contributed by atoms with Gasteiger partial charge in [-0.15, -0.1) is 0 Å². The summed E-state index contributed by atoms with van der Waals surface area (Å²) in [5.74, 6) is 0.482. The van der Waals surface area contributed by atoms with Crippen LogP contribution in [-0.2, 0) is 4.74 Å². The van der Waals surface area contributed by atoms with E-state index in [0.717, 1.165) is 36.4 Å². The zero-order valence-electron chi connectivity index (χ0n) is 9.59. The molecule has 0 bridgehead atoms. The van der Waals surface area contributed by atoms with E-state index < -0.39 is 0 Å². The second-order valence-electron chi connectivity index (χ2n) is 3.81. The van der Waals surface area contributed by atoms with Crippen LogP contribution in [0.1, 0.15) is 31.2 Å². The average Bonchev–Trinajstić information content (AvgIpc) is 2.29. The van der Waals surface area contributed by atoms with Gasteiger partial charge in [0.2, 0.25) is 0 Å². The van der Waals surface area contributed by atoms with Gasteiger partial charge in [-0.1, -0.05) is 46.6 Å². The van der Waals surface area contributed by atoms with E-state index in [1.807, 2.05) is 18.2 Å². The Morgan fingerprint density at radius 1 is 1.38 bits per heavy atom. The first-order chi connectivity index (χ1) is 7.77. The monoisotopic (exact) mass is 304 g/mol. The standard InChI is InChI=1S/C13H18BrClO/c1-2-7-16-8-6-12(10-14)11-4-3-5-13(15)9-11/h3-5,9,12H,2,6-8,10H2,1H3. The minimum absolute atomic E-state index is 0.482. The Hall–Kier alpha value is -0.0500. The van der Waals surface area contributed by atoms with E-state index in [-0.39, 0.29) is 0 Å². The van der Waals surface area contributed by atoms with Crippen LogP contribution in [0.15, 0.2) is 24.3 Å². The summed E-state index contributed by atoms with van der Waals surface area (Å²) >= 11 is 9.53. The Bertz CT molecular complexity index is 304. The zero-order chi connectivity index (χ0) is 11.8. The summed E-state index contributed by atoms with van der Waals surface area (Å²) in [4.78, 5) is 0. The van der Waals surface area contributed by atoms with Crippen molar-refractivity contribution >= 4 is 27.5 Å². The summed E-state index contributed by atoms with van der Waals surface area (Å²) in [7, 11) is 0. The number of benzene rings is 1. The van der Waals surface area contributed by atoms with Crippen LogP contribution in [0.2, 0.25) is 5.02 Å². The number of alkyl halides is 1. The van der Waals surface area contributed by atoms with Crippen LogP contribution in [0, 0.1) is 0 Å². The van der Waals surface area contributed by atoms with Crippen LogP contribution >= 0.6 is 27.5 Å². The minimum Gasteiger partial charge on any atom is -0.381 e. The van der Waals surface area contributed by atoms with Gasteiger partial charge in [0, 0.05) is 23.6 Å². The fourth-order valence-electron chi connectivity index (χ4n) is 1.57. The molecule has 0 radical (unpaired) electrons. The van der Waals surface area contributed by atoms with Crippen molar-refractivity contribution in [3.05, 3.63) is 34.9 Å². The van der Waals surface area contributed by atoms with Gasteiger partial charge in [0.1, 0.15) is 0 Å². The molecule has 1 aromatic carbocycles. The molecule has 1 nitrogen and oxygen atoms in total. The first-order valence-electron chi connectivity index (χ1n) is 5.67. The van der Waals surface area contributed by atoms with Crippen LogP contribution in [0.4, 0.5) is 0 Å². The SMILES string of the molecule is CCCOCCC(CBr)c1cccc(Cl)c1. The molecule has 0 amide bonds. The largest absolute Gasteiger partial charge is 0.381 e. The molecule has 1 unspecified atom stereocenters. The minimum atomic E-state index is 0.482. The third kappa shape index (κ3) is 4.86. The number of halogens is 2. The molecule has 0 fully saturated rings. The van der Waals surface area contributed by atoms with Crippen LogP contribution in [-0.4, -0.2) is 18.5 Å². The molecule has 16 heavy (non-hydrogen) atoms. The van der Waals surface area contributed by atoms with E-state index in [9.17, 15) is 0 Å². The Morgan fingerprint density at radius 2 is 2.19 bits per heavy atom. The second-order valence-corrected chi connectivity index (χ2v) is 4.89. The van der Waals surface area contributed by atoms with Crippen LogP contribution in [0.25, 0.3) is 0 Å². The summed E-state index contributed by atoms with van der Waals surface area (Å²) in [6, 6.07) is 8.06. The summed E-state index contributed by atoms with van der Waals surface area (Å²) in [5, 5.41) is 1.75. The van der Waals surface area contributed by atoms with Crippen LogP contribution in [0.3, 0.4) is 0 Å². The van der Waals surface area contributed by atoms with E-state index in [4.69, 9.17) is 16.3 Å². The maximum Gasteiger partial charge on any atom is 0.0472 e. The first-order valence-corrected chi connectivity index (χ1v) is 7.17. The third-order valence-electron chi connectivity index (χ3n) is 2.47. The molecule has 0 saturated carbocycles. The number of rotatable bonds is 7. The molecule has 1 aromatic rings. The molecule has 0 aliphatic heterocycles. The summed E-state index contributed by atoms with van der Waals surface area (Å²) in [5.41, 5.74) is 1.28. The fraction of sp³-hybridized carbons (Fsp3) is 0.538. The molecule has 0 aliphatic rings. The lowest BCUT2D eigenvalue weighted by molar-refractivity contribution is 0.129. The number of hydrogen-bond acceptors (Lipinski definition) is 1. The molecule has 0 spiro atoms. The van der Waals surface area contributed by atoms with E-state index in [0.29, 0.717) is 5.92 Å². The first kappa shape index (κ1) is 14.0. The molecular formula is C13H18BrClO. The van der Waals surface area contributed by atoms with Gasteiger partial charge in [0.25, 0.3) is 0 Å². The van der Waals surface area contributed by atoms with Gasteiger partial charge in [-0.3, -0.25) is 0 Å². The highest BCUT2D eigenvalue weighted by molar-refractivity contribution is 9.09. The predicted octanol–water partition coefficient (Wildman–Crippen LogP) is 4.64. The lowest BCUT2D eigenvalue weighted by atomic mass is 9.98. The fourth-order valence-corrected chi connectivity index (χ4v) is 2.46. The van der Waals surface area contributed by atoms with Crippen molar-refractivity contribution in [2.75, 3.05) is 18.5 Å². The average molecular weight is 306 g/mol. The molecule has 0 aliphatic carbocycles. The Kier molecular flexibility index (Phi) is 7.10. The van der Waals surface area contributed by atoms with Crippen LogP contribution < -0.4 is 0 Å². The summed E-state index contributed by atoms with van der Waals surface area (Å²) in [6.45, 7) is 3.79. The quantitative estimate of drug-likeness (QED) is 0.527. The lowest BCUT2D eigenvalue weighted by Crippen LogP contribution is -2.06. The summed E-state index contributed by atoms with van der Waals surface area (Å²) < 4.78 is 5.51. The molecule has 1 rings (SSSR count). The highest BCUT2D eigenvalue weighted by atomic mass is 79.9. The highest BCUT2D eigenvalue weighted by Gasteiger charge is 2.10.